The molecule has 0 unspecified atom stereocenters. The molecule has 0 radical (unpaired) electrons. The third-order valence-corrected chi connectivity index (χ3v) is 7.28. The molecule has 0 aromatic heterocycles. The summed E-state index contributed by atoms with van der Waals surface area (Å²) >= 11 is 6.03. The molecule has 0 bridgehead atoms. The van der Waals surface area contributed by atoms with E-state index >= 15 is 0 Å². The van der Waals surface area contributed by atoms with E-state index in [1.807, 2.05) is 30.3 Å². The Morgan fingerprint density at radius 1 is 1.06 bits per heavy atom. The molecule has 0 spiro atoms. The molecule has 36 heavy (non-hydrogen) atoms. The number of amides is 1. The highest BCUT2D eigenvalue weighted by Gasteiger charge is 2.41. The summed E-state index contributed by atoms with van der Waals surface area (Å²) in [6.45, 7) is 3.25. The van der Waals surface area contributed by atoms with E-state index in [0.29, 0.717) is 31.1 Å². The van der Waals surface area contributed by atoms with Crippen molar-refractivity contribution in [2.75, 3.05) is 24.5 Å². The highest BCUT2D eigenvalue weighted by atomic mass is 35.5. The zero-order valence-corrected chi connectivity index (χ0v) is 20.3. The van der Waals surface area contributed by atoms with Gasteiger partial charge in [0.1, 0.15) is 5.82 Å². The largest absolute Gasteiger partial charge is 0.365 e. The number of fused-ring (bicyclic) bond motifs is 3. The van der Waals surface area contributed by atoms with E-state index in [4.69, 9.17) is 11.6 Å². The molecule has 186 valence electrons. The minimum absolute atomic E-state index is 0.0269. The normalized spacial score (nSPS) is 19.3. The molecular formula is C27H26ClFN4O3. The number of halogens is 2. The molecule has 2 heterocycles. The van der Waals surface area contributed by atoms with Gasteiger partial charge in [-0.05, 0) is 53.4 Å². The van der Waals surface area contributed by atoms with Crippen LogP contribution in [0.25, 0.3) is 0 Å². The average Bonchev–Trinajstić information content (AvgIpc) is 2.88. The number of carbonyl (C=O) groups excluding carboxylic acids is 1. The van der Waals surface area contributed by atoms with Crippen LogP contribution in [0.4, 0.5) is 15.8 Å². The second-order valence-electron chi connectivity index (χ2n) is 9.35. The van der Waals surface area contributed by atoms with Crippen molar-refractivity contribution in [3.8, 4) is 0 Å². The van der Waals surface area contributed by atoms with Gasteiger partial charge in [0.2, 0.25) is 5.91 Å². The maximum absolute atomic E-state index is 13.4. The molecular weight excluding hydrogens is 483 g/mol. The first-order chi connectivity index (χ1) is 17.4. The Balaban J connectivity index is 1.38. The fraction of sp³-hybridized carbons (Fsp3) is 0.296. The summed E-state index contributed by atoms with van der Waals surface area (Å²) in [5.41, 5.74) is 3.75. The third kappa shape index (κ3) is 5.20. The van der Waals surface area contributed by atoms with Crippen molar-refractivity contribution in [1.29, 1.82) is 0 Å². The number of nitrogens with one attached hydrogen (secondary N) is 1. The Hall–Kier alpha value is -3.49. The lowest BCUT2D eigenvalue weighted by atomic mass is 9.83. The molecule has 7 nitrogen and oxygen atoms in total. The van der Waals surface area contributed by atoms with Crippen molar-refractivity contribution in [2.45, 2.75) is 25.6 Å². The summed E-state index contributed by atoms with van der Waals surface area (Å²) in [4.78, 5) is 29.0. The van der Waals surface area contributed by atoms with Crippen molar-refractivity contribution in [3.63, 3.8) is 0 Å². The number of nitro benzene ring substituents is 1. The molecule has 0 aliphatic carbocycles. The van der Waals surface area contributed by atoms with E-state index in [2.05, 4.69) is 15.1 Å². The van der Waals surface area contributed by atoms with Gasteiger partial charge < -0.3 is 10.2 Å². The lowest BCUT2D eigenvalue weighted by Crippen LogP contribution is -2.60. The third-order valence-electron chi connectivity index (χ3n) is 7.03. The van der Waals surface area contributed by atoms with Crippen molar-refractivity contribution in [2.24, 2.45) is 5.92 Å². The summed E-state index contributed by atoms with van der Waals surface area (Å²) in [5.74, 6) is -0.818. The molecule has 3 aromatic rings. The standard InChI is InChI=1S/C27H26ClFN4O3/c28-21-5-1-19(2-6-21)16-31-11-12-32-25-10-9-23(33(35)36)13-20(25)14-24(26(32)17-31)27(34)30-15-18-3-7-22(29)8-4-18/h1-10,13,24,26H,11-12,14-17H2,(H,30,34)/t24-,26+/m0/s1. The first-order valence-corrected chi connectivity index (χ1v) is 12.3. The van der Waals surface area contributed by atoms with Crippen LogP contribution in [0.5, 0.6) is 0 Å². The number of rotatable bonds is 6. The number of non-ortho nitro benzene ring substituents is 1. The molecule has 2 aliphatic rings. The van der Waals surface area contributed by atoms with Gasteiger partial charge in [-0.3, -0.25) is 19.8 Å². The van der Waals surface area contributed by atoms with Gasteiger partial charge in [0.05, 0.1) is 16.9 Å². The number of carbonyl (C=O) groups is 1. The molecule has 1 amide bonds. The second-order valence-corrected chi connectivity index (χ2v) is 9.78. The Morgan fingerprint density at radius 3 is 2.50 bits per heavy atom. The van der Waals surface area contributed by atoms with E-state index in [1.54, 1.807) is 18.2 Å². The SMILES string of the molecule is O=C(NCc1ccc(F)cc1)[C@H]1Cc2cc([N+](=O)[O-])ccc2N2CCN(Cc3ccc(Cl)cc3)C[C@H]12. The maximum atomic E-state index is 13.4. The Bertz CT molecular complexity index is 1270. The molecule has 2 atom stereocenters. The van der Waals surface area contributed by atoms with Crippen LogP contribution in [0.2, 0.25) is 5.02 Å². The summed E-state index contributed by atoms with van der Waals surface area (Å²) in [6.07, 6.45) is 0.419. The molecule has 1 fully saturated rings. The van der Waals surface area contributed by atoms with Crippen molar-refractivity contribution >= 4 is 28.9 Å². The molecule has 1 N–H and O–H groups in total. The fourth-order valence-corrected chi connectivity index (χ4v) is 5.32. The van der Waals surface area contributed by atoms with Crippen LogP contribution in [0.3, 0.4) is 0 Å². The van der Waals surface area contributed by atoms with Crippen molar-refractivity contribution in [1.82, 2.24) is 10.2 Å². The van der Waals surface area contributed by atoms with Crippen LogP contribution in [-0.4, -0.2) is 41.4 Å². The van der Waals surface area contributed by atoms with Crippen LogP contribution < -0.4 is 10.2 Å². The van der Waals surface area contributed by atoms with E-state index in [9.17, 15) is 19.3 Å². The number of hydrogen-bond donors (Lipinski definition) is 1. The van der Waals surface area contributed by atoms with E-state index in [1.165, 1.54) is 18.2 Å². The van der Waals surface area contributed by atoms with Crippen molar-refractivity contribution in [3.05, 3.63) is 104 Å². The van der Waals surface area contributed by atoms with Crippen LogP contribution in [0, 0.1) is 21.8 Å². The van der Waals surface area contributed by atoms with Gasteiger partial charge in [0, 0.05) is 55.6 Å². The maximum Gasteiger partial charge on any atom is 0.269 e. The highest BCUT2D eigenvalue weighted by Crippen LogP contribution is 2.38. The van der Waals surface area contributed by atoms with Crippen LogP contribution in [0.15, 0.2) is 66.7 Å². The highest BCUT2D eigenvalue weighted by molar-refractivity contribution is 6.30. The molecule has 3 aromatic carbocycles. The average molecular weight is 509 g/mol. The number of piperazine rings is 1. The lowest BCUT2D eigenvalue weighted by molar-refractivity contribution is -0.384. The first-order valence-electron chi connectivity index (χ1n) is 11.9. The van der Waals surface area contributed by atoms with Crippen molar-refractivity contribution < 1.29 is 14.1 Å². The van der Waals surface area contributed by atoms with E-state index < -0.39 is 4.92 Å². The first kappa shape index (κ1) is 24.2. The number of hydrogen-bond acceptors (Lipinski definition) is 5. The second kappa shape index (κ2) is 10.2. The Labute approximate surface area is 213 Å². The van der Waals surface area contributed by atoms with Gasteiger partial charge >= 0.3 is 0 Å². The molecule has 0 saturated carbocycles. The van der Waals surface area contributed by atoms with Gasteiger partial charge in [-0.1, -0.05) is 35.9 Å². The van der Waals surface area contributed by atoms with Gasteiger partial charge in [-0.15, -0.1) is 0 Å². The zero-order chi connectivity index (χ0) is 25.2. The number of benzene rings is 3. The van der Waals surface area contributed by atoms with Gasteiger partial charge in [-0.25, -0.2) is 4.39 Å². The Kier molecular flexibility index (Phi) is 6.89. The van der Waals surface area contributed by atoms with Gasteiger partial charge in [0.15, 0.2) is 0 Å². The van der Waals surface area contributed by atoms with E-state index in [0.717, 1.165) is 35.5 Å². The van der Waals surface area contributed by atoms with Gasteiger partial charge in [0.25, 0.3) is 5.69 Å². The number of anilines is 1. The smallest absolute Gasteiger partial charge is 0.269 e. The van der Waals surface area contributed by atoms with Gasteiger partial charge in [-0.2, -0.15) is 0 Å². The van der Waals surface area contributed by atoms with Crippen LogP contribution in [-0.2, 0) is 24.3 Å². The predicted molar refractivity (Wildman–Crippen MR) is 136 cm³/mol. The summed E-state index contributed by atoms with van der Waals surface area (Å²) in [6, 6.07) is 18.7. The summed E-state index contributed by atoms with van der Waals surface area (Å²) in [5, 5.41) is 15.1. The summed E-state index contributed by atoms with van der Waals surface area (Å²) < 4.78 is 13.3. The number of nitrogens with zero attached hydrogens (tertiary/aromatic N) is 3. The molecule has 5 rings (SSSR count). The quantitative estimate of drug-likeness (QED) is 0.390. The zero-order valence-electron chi connectivity index (χ0n) is 19.6. The van der Waals surface area contributed by atoms with Crippen LogP contribution in [0.1, 0.15) is 16.7 Å². The minimum atomic E-state index is -0.403. The number of nitro groups is 1. The topological polar surface area (TPSA) is 78.7 Å². The molecule has 1 saturated heterocycles. The minimum Gasteiger partial charge on any atom is -0.365 e. The predicted octanol–water partition coefficient (Wildman–Crippen LogP) is 4.57. The molecule has 2 aliphatic heterocycles. The lowest BCUT2D eigenvalue weighted by Gasteiger charge is -2.49. The summed E-state index contributed by atoms with van der Waals surface area (Å²) in [7, 11) is 0. The Morgan fingerprint density at radius 2 is 1.78 bits per heavy atom. The fourth-order valence-electron chi connectivity index (χ4n) is 5.20. The van der Waals surface area contributed by atoms with Crippen LogP contribution >= 0.6 is 11.6 Å². The molecule has 9 heteroatoms. The monoisotopic (exact) mass is 508 g/mol. The van der Waals surface area contributed by atoms with E-state index in [-0.39, 0.29) is 29.4 Å².